The number of rotatable bonds is 4. The fraction of sp³-hybridized carbons (Fsp3) is 0.750. The number of nitrogens with one attached hydrogen (secondary N) is 1. The monoisotopic (exact) mass is 240 g/mol. The Bertz CT molecular complexity index is 349. The van der Waals surface area contributed by atoms with Gasteiger partial charge in [-0.2, -0.15) is 0 Å². The van der Waals surface area contributed by atoms with Crippen molar-refractivity contribution >= 4 is 11.3 Å². The first kappa shape index (κ1) is 12.0. The van der Waals surface area contributed by atoms with Gasteiger partial charge in [0.2, 0.25) is 0 Å². The van der Waals surface area contributed by atoms with E-state index in [4.69, 9.17) is 5.11 Å². The molecule has 0 bridgehead atoms. The molecular weight excluding hydrogens is 220 g/mol. The van der Waals surface area contributed by atoms with Gasteiger partial charge in [-0.1, -0.05) is 6.92 Å². The summed E-state index contributed by atoms with van der Waals surface area (Å²) in [5, 5.41) is 13.5. The van der Waals surface area contributed by atoms with Crippen molar-refractivity contribution in [1.82, 2.24) is 10.3 Å². The zero-order valence-electron chi connectivity index (χ0n) is 9.99. The molecule has 2 rings (SSSR count). The predicted octanol–water partition coefficient (Wildman–Crippen LogP) is 1.74. The van der Waals surface area contributed by atoms with Crippen molar-refractivity contribution in [2.45, 2.75) is 45.8 Å². The zero-order valence-corrected chi connectivity index (χ0v) is 10.8. The lowest BCUT2D eigenvalue weighted by Gasteiger charge is -2.15. The van der Waals surface area contributed by atoms with Crippen LogP contribution in [0.15, 0.2) is 0 Å². The van der Waals surface area contributed by atoms with Crippen LogP contribution >= 0.6 is 11.3 Å². The lowest BCUT2D eigenvalue weighted by atomic mass is 9.93. The van der Waals surface area contributed by atoms with E-state index in [0.29, 0.717) is 6.54 Å². The lowest BCUT2D eigenvalue weighted by molar-refractivity contribution is 0.191. The van der Waals surface area contributed by atoms with E-state index in [0.717, 1.165) is 18.9 Å². The van der Waals surface area contributed by atoms with Gasteiger partial charge in [-0.3, -0.25) is 0 Å². The maximum Gasteiger partial charge on any atom is 0.107 e. The number of hydrogen-bond acceptors (Lipinski definition) is 4. The van der Waals surface area contributed by atoms with E-state index in [-0.39, 0.29) is 6.10 Å². The molecule has 90 valence electrons. The number of fused-ring (bicyclic) bond motifs is 1. The quantitative estimate of drug-likeness (QED) is 0.842. The van der Waals surface area contributed by atoms with Crippen molar-refractivity contribution in [2.24, 2.45) is 5.92 Å². The van der Waals surface area contributed by atoms with E-state index in [1.54, 1.807) is 6.92 Å². The van der Waals surface area contributed by atoms with Gasteiger partial charge < -0.3 is 10.4 Å². The van der Waals surface area contributed by atoms with Gasteiger partial charge in [0.25, 0.3) is 0 Å². The van der Waals surface area contributed by atoms with Gasteiger partial charge in [0.1, 0.15) is 5.01 Å². The Morgan fingerprint density at radius 2 is 2.44 bits per heavy atom. The van der Waals surface area contributed by atoms with Gasteiger partial charge in [-0.15, -0.1) is 11.3 Å². The second-order valence-corrected chi connectivity index (χ2v) is 5.97. The SMILES string of the molecule is CC1CCc2nc(CNC[C@H](C)O)sc2C1. The van der Waals surface area contributed by atoms with Crippen molar-refractivity contribution in [2.75, 3.05) is 6.54 Å². The van der Waals surface area contributed by atoms with E-state index in [1.807, 2.05) is 11.3 Å². The third-order valence-corrected chi connectivity index (χ3v) is 4.07. The van der Waals surface area contributed by atoms with Gasteiger partial charge >= 0.3 is 0 Å². The average molecular weight is 240 g/mol. The van der Waals surface area contributed by atoms with Gasteiger partial charge in [-0.25, -0.2) is 4.98 Å². The number of nitrogens with zero attached hydrogens (tertiary/aromatic N) is 1. The number of aliphatic hydroxyl groups excluding tert-OH is 1. The van der Waals surface area contributed by atoms with Crippen LogP contribution in [0.5, 0.6) is 0 Å². The topological polar surface area (TPSA) is 45.2 Å². The second-order valence-electron chi connectivity index (χ2n) is 4.81. The summed E-state index contributed by atoms with van der Waals surface area (Å²) in [4.78, 5) is 6.14. The first-order valence-electron chi connectivity index (χ1n) is 6.01. The molecule has 0 saturated heterocycles. The third-order valence-electron chi connectivity index (χ3n) is 2.95. The summed E-state index contributed by atoms with van der Waals surface area (Å²) in [6.45, 7) is 5.53. The Labute approximate surface area is 101 Å². The molecule has 1 aromatic rings. The van der Waals surface area contributed by atoms with Crippen LogP contribution in [0.3, 0.4) is 0 Å². The normalized spacial score (nSPS) is 21.8. The summed E-state index contributed by atoms with van der Waals surface area (Å²) in [6, 6.07) is 0. The second kappa shape index (κ2) is 5.25. The minimum atomic E-state index is -0.283. The molecule has 1 aliphatic carbocycles. The van der Waals surface area contributed by atoms with E-state index in [2.05, 4.69) is 17.2 Å². The summed E-state index contributed by atoms with van der Waals surface area (Å²) >= 11 is 1.84. The molecule has 1 aromatic heterocycles. The summed E-state index contributed by atoms with van der Waals surface area (Å²) in [6.07, 6.45) is 3.33. The number of aromatic nitrogens is 1. The summed E-state index contributed by atoms with van der Waals surface area (Å²) < 4.78 is 0. The highest BCUT2D eigenvalue weighted by Crippen LogP contribution is 2.29. The molecule has 4 heteroatoms. The Morgan fingerprint density at radius 1 is 1.62 bits per heavy atom. The molecule has 1 unspecified atom stereocenters. The predicted molar refractivity (Wildman–Crippen MR) is 66.7 cm³/mol. The minimum Gasteiger partial charge on any atom is -0.392 e. The van der Waals surface area contributed by atoms with Crippen LogP contribution in [0.2, 0.25) is 0 Å². The fourth-order valence-corrected chi connectivity index (χ4v) is 3.30. The lowest BCUT2D eigenvalue weighted by Crippen LogP contribution is -2.23. The van der Waals surface area contributed by atoms with Crippen molar-refractivity contribution < 1.29 is 5.11 Å². The van der Waals surface area contributed by atoms with Crippen LogP contribution in [0.4, 0.5) is 0 Å². The van der Waals surface area contributed by atoms with Crippen molar-refractivity contribution in [3.63, 3.8) is 0 Å². The Balaban J connectivity index is 1.91. The molecule has 1 heterocycles. The van der Waals surface area contributed by atoms with Crippen LogP contribution in [-0.2, 0) is 19.4 Å². The third kappa shape index (κ3) is 3.03. The Morgan fingerprint density at radius 3 is 3.19 bits per heavy atom. The maximum absolute atomic E-state index is 9.15. The average Bonchev–Trinajstić information content (AvgIpc) is 2.58. The Kier molecular flexibility index (Phi) is 3.95. The molecule has 0 spiro atoms. The highest BCUT2D eigenvalue weighted by Gasteiger charge is 2.19. The molecule has 0 aliphatic heterocycles. The molecule has 16 heavy (non-hydrogen) atoms. The van der Waals surface area contributed by atoms with Crippen molar-refractivity contribution in [3.8, 4) is 0 Å². The number of aryl methyl sites for hydroxylation is 1. The van der Waals surface area contributed by atoms with Crippen LogP contribution < -0.4 is 5.32 Å². The van der Waals surface area contributed by atoms with Gasteiger partial charge in [0.15, 0.2) is 0 Å². The molecule has 0 amide bonds. The number of aliphatic hydroxyl groups is 1. The van der Waals surface area contributed by atoms with Crippen LogP contribution in [0, 0.1) is 5.92 Å². The van der Waals surface area contributed by atoms with Crippen molar-refractivity contribution in [3.05, 3.63) is 15.6 Å². The van der Waals surface area contributed by atoms with Crippen LogP contribution in [-0.4, -0.2) is 22.7 Å². The first-order chi connectivity index (χ1) is 7.65. The molecule has 2 atom stereocenters. The zero-order chi connectivity index (χ0) is 11.5. The highest BCUT2D eigenvalue weighted by molar-refractivity contribution is 7.11. The van der Waals surface area contributed by atoms with Gasteiger partial charge in [0.05, 0.1) is 11.8 Å². The van der Waals surface area contributed by atoms with E-state index in [1.165, 1.54) is 28.4 Å². The summed E-state index contributed by atoms with van der Waals surface area (Å²) in [5.74, 6) is 0.811. The van der Waals surface area contributed by atoms with Crippen LogP contribution in [0.25, 0.3) is 0 Å². The number of thiazole rings is 1. The van der Waals surface area contributed by atoms with E-state index < -0.39 is 0 Å². The largest absolute Gasteiger partial charge is 0.392 e. The first-order valence-corrected chi connectivity index (χ1v) is 6.83. The van der Waals surface area contributed by atoms with Crippen LogP contribution in [0.1, 0.15) is 35.8 Å². The van der Waals surface area contributed by atoms with E-state index >= 15 is 0 Å². The molecule has 1 aliphatic rings. The van der Waals surface area contributed by atoms with Gasteiger partial charge in [-0.05, 0) is 32.1 Å². The fourth-order valence-electron chi connectivity index (χ4n) is 2.06. The number of hydrogen-bond donors (Lipinski definition) is 2. The summed E-state index contributed by atoms with van der Waals surface area (Å²) in [5.41, 5.74) is 1.32. The molecule has 0 radical (unpaired) electrons. The highest BCUT2D eigenvalue weighted by atomic mass is 32.1. The molecule has 0 aromatic carbocycles. The molecule has 0 saturated carbocycles. The molecule has 2 N–H and O–H groups in total. The molecule has 3 nitrogen and oxygen atoms in total. The standard InChI is InChI=1S/C12H20N2OS/c1-8-3-4-10-11(5-8)16-12(14-10)7-13-6-9(2)15/h8-9,13,15H,3-7H2,1-2H3/t8?,9-/m0/s1. The van der Waals surface area contributed by atoms with E-state index in [9.17, 15) is 0 Å². The maximum atomic E-state index is 9.15. The van der Waals surface area contributed by atoms with Gasteiger partial charge in [0, 0.05) is 18.0 Å². The molecule has 0 fully saturated rings. The summed E-state index contributed by atoms with van der Waals surface area (Å²) in [7, 11) is 0. The smallest absolute Gasteiger partial charge is 0.107 e. The minimum absolute atomic E-state index is 0.283. The Hall–Kier alpha value is -0.450. The van der Waals surface area contributed by atoms with Crippen molar-refractivity contribution in [1.29, 1.82) is 0 Å². The molecular formula is C12H20N2OS.